The van der Waals surface area contributed by atoms with Crippen LogP contribution in [0.5, 0.6) is 0 Å². The lowest BCUT2D eigenvalue weighted by Gasteiger charge is -2.30. The van der Waals surface area contributed by atoms with E-state index in [1.807, 2.05) is 73.7 Å². The fourth-order valence-electron chi connectivity index (χ4n) is 5.05. The van der Waals surface area contributed by atoms with Crippen LogP contribution >= 0.6 is 22.9 Å². The van der Waals surface area contributed by atoms with Gasteiger partial charge in [0.1, 0.15) is 0 Å². The van der Waals surface area contributed by atoms with Gasteiger partial charge in [-0.05, 0) is 78.9 Å². The highest BCUT2D eigenvalue weighted by atomic mass is 35.5. The van der Waals surface area contributed by atoms with Crippen LogP contribution in [0.3, 0.4) is 0 Å². The number of aryl methyl sites for hydroxylation is 2. The fourth-order valence-corrected chi connectivity index (χ4v) is 8.01. The molecule has 0 aliphatic carbocycles. The Balaban J connectivity index is 1.34. The largest absolute Gasteiger partial charge is 0.279 e. The highest BCUT2D eigenvalue weighted by Crippen LogP contribution is 2.35. The summed E-state index contributed by atoms with van der Waals surface area (Å²) < 4.78 is 29.6. The van der Waals surface area contributed by atoms with Crippen molar-refractivity contribution in [2.24, 2.45) is 0 Å². The second-order valence-corrected chi connectivity index (χ2v) is 13.1. The van der Waals surface area contributed by atoms with E-state index in [2.05, 4.69) is 0 Å². The molecule has 1 aromatic heterocycles. The molecule has 0 spiro atoms. The van der Waals surface area contributed by atoms with E-state index in [0.717, 1.165) is 39.7 Å². The van der Waals surface area contributed by atoms with Crippen LogP contribution in [0, 0.1) is 6.92 Å². The molecule has 1 aliphatic heterocycles. The predicted octanol–water partition coefficient (Wildman–Crippen LogP) is 7.25. The minimum Gasteiger partial charge on any atom is -0.279 e. The molecule has 0 bridgehead atoms. The number of carbonyl (C=O) groups is 1. The van der Waals surface area contributed by atoms with Crippen molar-refractivity contribution in [3.05, 3.63) is 118 Å². The second-order valence-electron chi connectivity index (χ2n) is 9.78. The van der Waals surface area contributed by atoms with Gasteiger partial charge in [0.25, 0.3) is 15.9 Å². The Morgan fingerprint density at radius 1 is 1.00 bits per heavy atom. The first-order valence-electron chi connectivity index (χ1n) is 12.9. The molecule has 6 nitrogen and oxygen atoms in total. The number of thiazole rings is 1. The maximum atomic E-state index is 13.9. The first-order valence-corrected chi connectivity index (χ1v) is 15.6. The smallest absolute Gasteiger partial charge is 0.264 e. The summed E-state index contributed by atoms with van der Waals surface area (Å²) in [6, 6.07) is 27.2. The SMILES string of the molecule is Cc1cc(Cl)cc2sc(N(Cc3ccccc3)C(=O)c3ccc(S(=O)(=O)N4CCCc5ccccc54)cc3)nc12. The van der Waals surface area contributed by atoms with Crippen molar-refractivity contribution in [2.45, 2.75) is 31.2 Å². The summed E-state index contributed by atoms with van der Waals surface area (Å²) in [5, 5.41) is 1.17. The Kier molecular flexibility index (Phi) is 7.08. The summed E-state index contributed by atoms with van der Waals surface area (Å²) in [4.78, 5) is 20.5. The number of rotatable bonds is 6. The van der Waals surface area contributed by atoms with Crippen molar-refractivity contribution in [1.82, 2.24) is 4.98 Å². The number of sulfonamides is 1. The van der Waals surface area contributed by atoms with Crippen molar-refractivity contribution in [3.63, 3.8) is 0 Å². The lowest BCUT2D eigenvalue weighted by Crippen LogP contribution is -2.35. The number of aromatic nitrogens is 1. The number of hydrogen-bond donors (Lipinski definition) is 0. The highest BCUT2D eigenvalue weighted by Gasteiger charge is 2.29. The van der Waals surface area contributed by atoms with Crippen LogP contribution in [0.15, 0.2) is 95.9 Å². The molecule has 2 heterocycles. The molecule has 0 fully saturated rings. The zero-order valence-corrected chi connectivity index (χ0v) is 24.1. The summed E-state index contributed by atoms with van der Waals surface area (Å²) in [5.41, 5.74) is 4.81. The molecular formula is C31H26ClN3O3S2. The molecule has 1 aliphatic rings. The molecule has 0 radical (unpaired) electrons. The minimum atomic E-state index is -3.78. The summed E-state index contributed by atoms with van der Waals surface area (Å²) in [6.45, 7) is 2.68. The number of anilines is 2. The third-order valence-electron chi connectivity index (χ3n) is 7.06. The molecule has 202 valence electrons. The topological polar surface area (TPSA) is 70.6 Å². The van der Waals surface area contributed by atoms with E-state index in [1.165, 1.54) is 27.8 Å². The van der Waals surface area contributed by atoms with Gasteiger partial charge >= 0.3 is 0 Å². The van der Waals surface area contributed by atoms with Gasteiger partial charge in [-0.1, -0.05) is 71.5 Å². The van der Waals surface area contributed by atoms with Crippen LogP contribution in [0.1, 0.15) is 33.5 Å². The average molecular weight is 588 g/mol. The first kappa shape index (κ1) is 26.5. The Hall–Kier alpha value is -3.72. The highest BCUT2D eigenvalue weighted by molar-refractivity contribution is 7.92. The average Bonchev–Trinajstić information content (AvgIpc) is 3.40. The van der Waals surface area contributed by atoms with E-state index in [1.54, 1.807) is 17.0 Å². The van der Waals surface area contributed by atoms with Crippen molar-refractivity contribution < 1.29 is 13.2 Å². The molecule has 6 rings (SSSR count). The standard InChI is InChI=1S/C31H26ClN3O3S2/c1-21-18-25(32)19-28-29(21)33-31(39-28)34(20-22-8-3-2-4-9-22)30(36)24-13-15-26(16-14-24)40(37,38)35-17-7-11-23-10-5-6-12-27(23)35/h2-6,8-10,12-16,18-19H,7,11,17,20H2,1H3. The maximum absolute atomic E-state index is 13.9. The summed E-state index contributed by atoms with van der Waals surface area (Å²) in [5.74, 6) is -0.265. The Bertz CT molecular complexity index is 1820. The molecule has 9 heteroatoms. The van der Waals surface area contributed by atoms with Crippen molar-refractivity contribution >= 4 is 59.9 Å². The maximum Gasteiger partial charge on any atom is 0.264 e. The molecule has 0 N–H and O–H groups in total. The van der Waals surface area contributed by atoms with E-state index < -0.39 is 10.0 Å². The quantitative estimate of drug-likeness (QED) is 0.210. The number of benzene rings is 4. The van der Waals surface area contributed by atoms with Crippen molar-refractivity contribution in [2.75, 3.05) is 15.7 Å². The number of amides is 1. The molecule has 4 aromatic carbocycles. The molecule has 0 saturated carbocycles. The molecule has 0 atom stereocenters. The number of para-hydroxylation sites is 1. The van der Waals surface area contributed by atoms with Gasteiger partial charge in [-0.25, -0.2) is 13.4 Å². The van der Waals surface area contributed by atoms with Gasteiger partial charge in [-0.2, -0.15) is 0 Å². The number of nitrogens with zero attached hydrogens (tertiary/aromatic N) is 3. The first-order chi connectivity index (χ1) is 19.3. The van der Waals surface area contributed by atoms with Crippen LogP contribution in [0.25, 0.3) is 10.2 Å². The van der Waals surface area contributed by atoms with Crippen molar-refractivity contribution in [1.29, 1.82) is 0 Å². The van der Waals surface area contributed by atoms with Crippen molar-refractivity contribution in [3.8, 4) is 0 Å². The number of hydrogen-bond acceptors (Lipinski definition) is 5. The lowest BCUT2D eigenvalue weighted by molar-refractivity contribution is 0.0985. The van der Waals surface area contributed by atoms with Crippen LogP contribution in [-0.4, -0.2) is 25.9 Å². The van der Waals surface area contributed by atoms with Crippen LogP contribution in [-0.2, 0) is 23.0 Å². The van der Waals surface area contributed by atoms with Gasteiger partial charge in [0.05, 0.1) is 27.3 Å². The molecular weight excluding hydrogens is 562 g/mol. The molecule has 1 amide bonds. The number of fused-ring (bicyclic) bond motifs is 2. The molecule has 5 aromatic rings. The zero-order chi connectivity index (χ0) is 27.9. The molecule has 40 heavy (non-hydrogen) atoms. The van der Waals surface area contributed by atoms with Gasteiger partial charge in [-0.3, -0.25) is 14.0 Å². The van der Waals surface area contributed by atoms with Gasteiger partial charge in [-0.15, -0.1) is 0 Å². The van der Waals surface area contributed by atoms with Crippen LogP contribution < -0.4 is 9.21 Å². The third-order valence-corrected chi connectivity index (χ3v) is 10.1. The normalized spacial score (nSPS) is 13.3. The summed E-state index contributed by atoms with van der Waals surface area (Å²) in [6.07, 6.45) is 1.61. The monoisotopic (exact) mass is 587 g/mol. The van der Waals surface area contributed by atoms with E-state index in [0.29, 0.717) is 34.5 Å². The Morgan fingerprint density at radius 3 is 2.50 bits per heavy atom. The fraction of sp³-hybridized carbons (Fsp3) is 0.161. The third kappa shape index (κ3) is 4.98. The second kappa shape index (κ2) is 10.7. The van der Waals surface area contributed by atoms with E-state index in [4.69, 9.17) is 16.6 Å². The van der Waals surface area contributed by atoms with Gasteiger partial charge in [0.2, 0.25) is 0 Å². The Morgan fingerprint density at radius 2 is 1.73 bits per heavy atom. The molecule has 0 saturated heterocycles. The van der Waals surface area contributed by atoms with Gasteiger partial charge in [0.15, 0.2) is 5.13 Å². The Labute approximate surface area is 242 Å². The van der Waals surface area contributed by atoms with E-state index in [9.17, 15) is 13.2 Å². The molecule has 0 unspecified atom stereocenters. The predicted molar refractivity (Wildman–Crippen MR) is 162 cm³/mol. The zero-order valence-electron chi connectivity index (χ0n) is 21.7. The van der Waals surface area contributed by atoms with Crippen LogP contribution in [0.2, 0.25) is 5.02 Å². The van der Waals surface area contributed by atoms with Gasteiger partial charge < -0.3 is 0 Å². The minimum absolute atomic E-state index is 0.153. The van der Waals surface area contributed by atoms with Crippen LogP contribution in [0.4, 0.5) is 10.8 Å². The lowest BCUT2D eigenvalue weighted by atomic mass is 10.0. The summed E-state index contributed by atoms with van der Waals surface area (Å²) in [7, 11) is -3.78. The summed E-state index contributed by atoms with van der Waals surface area (Å²) >= 11 is 7.69. The van der Waals surface area contributed by atoms with Gasteiger partial charge in [0, 0.05) is 17.1 Å². The number of halogens is 1. The van der Waals surface area contributed by atoms with E-state index >= 15 is 0 Å². The van der Waals surface area contributed by atoms with E-state index in [-0.39, 0.29) is 10.8 Å². The number of carbonyl (C=O) groups excluding carboxylic acids is 1.